The highest BCUT2D eigenvalue weighted by molar-refractivity contribution is 9.09. The van der Waals surface area contributed by atoms with Crippen LogP contribution in [0, 0.1) is 11.3 Å². The van der Waals surface area contributed by atoms with Crippen LogP contribution in [0.15, 0.2) is 24.3 Å². The number of para-hydroxylation sites is 1. The molecule has 0 fully saturated rings. The first-order valence-corrected chi connectivity index (χ1v) is 5.68. The van der Waals surface area contributed by atoms with E-state index in [0.29, 0.717) is 17.9 Å². The third-order valence-corrected chi connectivity index (χ3v) is 2.35. The van der Waals surface area contributed by atoms with E-state index in [4.69, 9.17) is 10.00 Å². The van der Waals surface area contributed by atoms with Gasteiger partial charge in [0.25, 0.3) is 0 Å². The first-order valence-electron chi connectivity index (χ1n) is 4.56. The summed E-state index contributed by atoms with van der Waals surface area (Å²) in [4.78, 5) is 0. The topological polar surface area (TPSA) is 33.0 Å². The average molecular weight is 254 g/mol. The summed E-state index contributed by atoms with van der Waals surface area (Å²) in [5.74, 6) is 0.685. The second kappa shape index (κ2) is 6.44. The van der Waals surface area contributed by atoms with Crippen molar-refractivity contribution in [2.75, 3.05) is 11.9 Å². The fourth-order valence-electron chi connectivity index (χ4n) is 1.06. The summed E-state index contributed by atoms with van der Waals surface area (Å²) in [6.07, 6.45) is 2.10. The lowest BCUT2D eigenvalue weighted by molar-refractivity contribution is 0.309. The summed E-state index contributed by atoms with van der Waals surface area (Å²) in [6, 6.07) is 9.40. The van der Waals surface area contributed by atoms with E-state index in [1.807, 2.05) is 18.2 Å². The highest BCUT2D eigenvalue weighted by Gasteiger charge is 2.00. The molecule has 0 aliphatic heterocycles. The third kappa shape index (κ3) is 3.39. The lowest BCUT2D eigenvalue weighted by Crippen LogP contribution is -1.98. The molecule has 0 radical (unpaired) electrons. The molecule has 2 nitrogen and oxygen atoms in total. The predicted octanol–water partition coefficient (Wildman–Crippen LogP) is 3.11. The van der Waals surface area contributed by atoms with Crippen LogP contribution in [0.2, 0.25) is 0 Å². The van der Waals surface area contributed by atoms with Gasteiger partial charge in [0.1, 0.15) is 11.8 Å². The van der Waals surface area contributed by atoms with Crippen molar-refractivity contribution in [3.63, 3.8) is 0 Å². The van der Waals surface area contributed by atoms with Crippen LogP contribution in [0.4, 0.5) is 0 Å². The zero-order chi connectivity index (χ0) is 10.2. The van der Waals surface area contributed by atoms with Gasteiger partial charge in [-0.1, -0.05) is 28.1 Å². The van der Waals surface area contributed by atoms with Crippen molar-refractivity contribution in [2.45, 2.75) is 12.8 Å². The van der Waals surface area contributed by atoms with Crippen molar-refractivity contribution in [3.05, 3.63) is 29.8 Å². The van der Waals surface area contributed by atoms with Crippen molar-refractivity contribution in [2.24, 2.45) is 0 Å². The second-order valence-corrected chi connectivity index (χ2v) is 3.65. The number of nitriles is 1. The third-order valence-electron chi connectivity index (χ3n) is 1.79. The van der Waals surface area contributed by atoms with E-state index in [1.165, 1.54) is 0 Å². The van der Waals surface area contributed by atoms with E-state index in [1.54, 1.807) is 6.07 Å². The van der Waals surface area contributed by atoms with Gasteiger partial charge in [0.15, 0.2) is 0 Å². The monoisotopic (exact) mass is 253 g/mol. The molecule has 0 N–H and O–H groups in total. The smallest absolute Gasteiger partial charge is 0.137 e. The standard InChI is InChI=1S/C11H12BrNO/c12-7-3-4-8-14-11-6-2-1-5-10(11)9-13/h1-2,5-6H,3-4,7-8H2. The molecule has 0 saturated carbocycles. The fraction of sp³-hybridized carbons (Fsp3) is 0.364. The Balaban J connectivity index is 2.46. The van der Waals surface area contributed by atoms with Crippen LogP contribution >= 0.6 is 15.9 Å². The second-order valence-electron chi connectivity index (χ2n) is 2.85. The largest absolute Gasteiger partial charge is 0.492 e. The molecule has 3 heteroatoms. The summed E-state index contributed by atoms with van der Waals surface area (Å²) in [5, 5.41) is 9.78. The zero-order valence-corrected chi connectivity index (χ0v) is 9.46. The summed E-state index contributed by atoms with van der Waals surface area (Å²) < 4.78 is 5.49. The van der Waals surface area contributed by atoms with Gasteiger partial charge >= 0.3 is 0 Å². The van der Waals surface area contributed by atoms with Gasteiger partial charge in [-0.25, -0.2) is 0 Å². The van der Waals surface area contributed by atoms with Gasteiger partial charge in [-0.05, 0) is 25.0 Å². The maximum Gasteiger partial charge on any atom is 0.137 e. The summed E-state index contributed by atoms with van der Waals surface area (Å²) in [6.45, 7) is 0.671. The molecule has 74 valence electrons. The van der Waals surface area contributed by atoms with Crippen molar-refractivity contribution in [3.8, 4) is 11.8 Å². The van der Waals surface area contributed by atoms with Crippen LogP contribution in [0.5, 0.6) is 5.75 Å². The minimum atomic E-state index is 0.603. The van der Waals surface area contributed by atoms with Crippen LogP contribution < -0.4 is 4.74 Å². The first-order chi connectivity index (χ1) is 6.88. The number of hydrogen-bond acceptors (Lipinski definition) is 2. The van der Waals surface area contributed by atoms with Crippen LogP contribution in [0.1, 0.15) is 18.4 Å². The minimum absolute atomic E-state index is 0.603. The summed E-state index contributed by atoms with van der Waals surface area (Å²) >= 11 is 3.36. The maximum atomic E-state index is 8.78. The number of ether oxygens (including phenoxy) is 1. The van der Waals surface area contributed by atoms with E-state index in [0.717, 1.165) is 18.2 Å². The Morgan fingerprint density at radius 1 is 1.29 bits per heavy atom. The number of unbranched alkanes of at least 4 members (excludes halogenated alkanes) is 1. The molecule has 0 aromatic heterocycles. The molecule has 0 heterocycles. The quantitative estimate of drug-likeness (QED) is 0.597. The summed E-state index contributed by atoms with van der Waals surface area (Å²) in [7, 11) is 0. The van der Waals surface area contributed by atoms with Gasteiger partial charge in [-0.15, -0.1) is 0 Å². The van der Waals surface area contributed by atoms with E-state index < -0.39 is 0 Å². The molecule has 1 aromatic rings. The lowest BCUT2D eigenvalue weighted by Gasteiger charge is -2.06. The maximum absolute atomic E-state index is 8.78. The van der Waals surface area contributed by atoms with Crippen LogP contribution in [-0.4, -0.2) is 11.9 Å². The minimum Gasteiger partial charge on any atom is -0.492 e. The number of nitrogens with zero attached hydrogens (tertiary/aromatic N) is 1. The van der Waals surface area contributed by atoms with Crippen molar-refractivity contribution in [1.29, 1.82) is 5.26 Å². The average Bonchev–Trinajstić information content (AvgIpc) is 2.25. The van der Waals surface area contributed by atoms with Gasteiger partial charge in [0.2, 0.25) is 0 Å². The van der Waals surface area contributed by atoms with Crippen molar-refractivity contribution < 1.29 is 4.74 Å². The van der Waals surface area contributed by atoms with Gasteiger partial charge in [-0.3, -0.25) is 0 Å². The van der Waals surface area contributed by atoms with Crippen LogP contribution in [-0.2, 0) is 0 Å². The molecule has 0 aliphatic rings. The van der Waals surface area contributed by atoms with E-state index in [9.17, 15) is 0 Å². The number of alkyl halides is 1. The van der Waals surface area contributed by atoms with Crippen molar-refractivity contribution >= 4 is 15.9 Å². The molecule has 14 heavy (non-hydrogen) atoms. The predicted molar refractivity (Wildman–Crippen MR) is 59.7 cm³/mol. The van der Waals surface area contributed by atoms with Gasteiger partial charge < -0.3 is 4.74 Å². The lowest BCUT2D eigenvalue weighted by atomic mass is 10.2. The van der Waals surface area contributed by atoms with Crippen LogP contribution in [0.3, 0.4) is 0 Å². The van der Waals surface area contributed by atoms with Crippen LogP contribution in [0.25, 0.3) is 0 Å². The highest BCUT2D eigenvalue weighted by atomic mass is 79.9. The van der Waals surface area contributed by atoms with E-state index in [-0.39, 0.29) is 0 Å². The molecule has 0 unspecified atom stereocenters. The molecule has 0 spiro atoms. The molecule has 1 aromatic carbocycles. The number of hydrogen-bond donors (Lipinski definition) is 0. The molecule has 0 atom stereocenters. The molecule has 0 bridgehead atoms. The first kappa shape index (κ1) is 11.1. The molecule has 0 amide bonds. The van der Waals surface area contributed by atoms with Gasteiger partial charge in [-0.2, -0.15) is 5.26 Å². The summed E-state index contributed by atoms with van der Waals surface area (Å²) in [5.41, 5.74) is 0.603. The highest BCUT2D eigenvalue weighted by Crippen LogP contribution is 2.16. The Kier molecular flexibility index (Phi) is 5.09. The number of rotatable bonds is 5. The van der Waals surface area contributed by atoms with E-state index >= 15 is 0 Å². The van der Waals surface area contributed by atoms with Gasteiger partial charge in [0.05, 0.1) is 12.2 Å². The Bertz CT molecular complexity index is 319. The molecular formula is C11H12BrNO. The Labute approximate surface area is 92.6 Å². The Morgan fingerprint density at radius 2 is 2.07 bits per heavy atom. The molecule has 0 saturated heterocycles. The Morgan fingerprint density at radius 3 is 2.79 bits per heavy atom. The van der Waals surface area contributed by atoms with E-state index in [2.05, 4.69) is 22.0 Å². The zero-order valence-electron chi connectivity index (χ0n) is 7.87. The van der Waals surface area contributed by atoms with Crippen molar-refractivity contribution in [1.82, 2.24) is 0 Å². The molecule has 0 aliphatic carbocycles. The Hall–Kier alpha value is -1.01. The van der Waals surface area contributed by atoms with Gasteiger partial charge in [0, 0.05) is 5.33 Å². The normalized spacial score (nSPS) is 9.43. The number of benzene rings is 1. The molecule has 1 rings (SSSR count). The fourth-order valence-corrected chi connectivity index (χ4v) is 1.46. The molecular weight excluding hydrogens is 242 g/mol. The SMILES string of the molecule is N#Cc1ccccc1OCCCCBr. The number of halogens is 1.